The van der Waals surface area contributed by atoms with Crippen LogP contribution in [0.25, 0.3) is 10.8 Å². The molecule has 0 saturated carbocycles. The standard InChI is InChI=1S/C21H26BrN3O3.HI/c1-23-21(25-10-7-15(8-11-25)20(26)27-2)24-9-12-28-19-6-4-16-13-18(22)5-3-17(16)14-19;/h3-6,13-15H,7-12H2,1-2H3,(H,23,24);1H. The van der Waals surface area contributed by atoms with E-state index in [0.717, 1.165) is 47.5 Å². The molecule has 0 unspecified atom stereocenters. The number of ether oxygens (including phenoxy) is 2. The Balaban J connectivity index is 0.00000300. The summed E-state index contributed by atoms with van der Waals surface area (Å²) in [5.74, 6) is 1.58. The average Bonchev–Trinajstić information content (AvgIpc) is 2.73. The van der Waals surface area contributed by atoms with Crippen LogP contribution in [0, 0.1) is 5.92 Å². The summed E-state index contributed by atoms with van der Waals surface area (Å²) in [4.78, 5) is 18.2. The second kappa shape index (κ2) is 11.6. The monoisotopic (exact) mass is 575 g/mol. The molecular weight excluding hydrogens is 549 g/mol. The van der Waals surface area contributed by atoms with Crippen molar-refractivity contribution in [2.45, 2.75) is 12.8 Å². The van der Waals surface area contributed by atoms with Crippen molar-refractivity contribution in [1.82, 2.24) is 10.2 Å². The van der Waals surface area contributed by atoms with Crippen molar-refractivity contribution in [3.8, 4) is 5.75 Å². The summed E-state index contributed by atoms with van der Waals surface area (Å²) in [6.07, 6.45) is 1.58. The number of nitrogens with zero attached hydrogens (tertiary/aromatic N) is 2. The fraction of sp³-hybridized carbons (Fsp3) is 0.429. The van der Waals surface area contributed by atoms with E-state index in [1.807, 2.05) is 18.2 Å². The minimum atomic E-state index is -0.112. The zero-order chi connectivity index (χ0) is 19.9. The number of guanidine groups is 1. The predicted octanol–water partition coefficient (Wildman–Crippen LogP) is 4.06. The Labute approximate surface area is 197 Å². The van der Waals surface area contributed by atoms with Crippen molar-refractivity contribution in [2.75, 3.05) is 40.4 Å². The molecule has 1 aliphatic heterocycles. The summed E-state index contributed by atoms with van der Waals surface area (Å²) in [6, 6.07) is 12.3. The highest BCUT2D eigenvalue weighted by molar-refractivity contribution is 14.0. The van der Waals surface area contributed by atoms with Gasteiger partial charge in [0.25, 0.3) is 0 Å². The fourth-order valence-corrected chi connectivity index (χ4v) is 3.82. The Hall–Kier alpha value is -1.55. The molecule has 3 rings (SSSR count). The van der Waals surface area contributed by atoms with Gasteiger partial charge in [-0.3, -0.25) is 9.79 Å². The van der Waals surface area contributed by atoms with Crippen LogP contribution in [0.5, 0.6) is 5.75 Å². The van der Waals surface area contributed by atoms with Crippen molar-refractivity contribution in [2.24, 2.45) is 10.9 Å². The Morgan fingerprint density at radius 3 is 2.59 bits per heavy atom. The van der Waals surface area contributed by atoms with Crippen LogP contribution in [-0.4, -0.2) is 57.2 Å². The molecule has 2 aromatic rings. The largest absolute Gasteiger partial charge is 0.492 e. The molecule has 8 heteroatoms. The lowest BCUT2D eigenvalue weighted by Crippen LogP contribution is -2.47. The van der Waals surface area contributed by atoms with Gasteiger partial charge in [-0.1, -0.05) is 28.1 Å². The fourth-order valence-electron chi connectivity index (χ4n) is 3.44. The van der Waals surface area contributed by atoms with Crippen LogP contribution in [0.2, 0.25) is 0 Å². The summed E-state index contributed by atoms with van der Waals surface area (Å²) in [6.45, 7) is 2.78. The molecule has 0 spiro atoms. The summed E-state index contributed by atoms with van der Waals surface area (Å²) in [7, 11) is 3.22. The van der Waals surface area contributed by atoms with Gasteiger partial charge in [0.2, 0.25) is 0 Å². The minimum Gasteiger partial charge on any atom is -0.492 e. The summed E-state index contributed by atoms with van der Waals surface area (Å²) < 4.78 is 11.8. The Bertz CT molecular complexity index is 854. The maximum Gasteiger partial charge on any atom is 0.308 e. The molecule has 0 radical (unpaired) electrons. The molecule has 0 bridgehead atoms. The van der Waals surface area contributed by atoms with E-state index in [-0.39, 0.29) is 35.9 Å². The number of methoxy groups -OCH3 is 1. The van der Waals surface area contributed by atoms with Crippen molar-refractivity contribution >= 4 is 62.6 Å². The second-order valence-electron chi connectivity index (χ2n) is 6.76. The van der Waals surface area contributed by atoms with E-state index in [9.17, 15) is 4.79 Å². The molecule has 1 saturated heterocycles. The Morgan fingerprint density at radius 2 is 1.90 bits per heavy atom. The number of nitrogens with one attached hydrogen (secondary N) is 1. The topological polar surface area (TPSA) is 63.2 Å². The third kappa shape index (κ3) is 6.47. The molecule has 6 nitrogen and oxygen atoms in total. The van der Waals surface area contributed by atoms with Gasteiger partial charge < -0.3 is 19.7 Å². The molecule has 1 fully saturated rings. The number of carbonyl (C=O) groups excluding carboxylic acids is 1. The van der Waals surface area contributed by atoms with Crippen LogP contribution in [0.15, 0.2) is 45.9 Å². The lowest BCUT2D eigenvalue weighted by Gasteiger charge is -2.33. The molecule has 158 valence electrons. The summed E-state index contributed by atoms with van der Waals surface area (Å²) >= 11 is 3.49. The third-order valence-corrected chi connectivity index (χ3v) is 5.46. The van der Waals surface area contributed by atoms with Gasteiger partial charge in [0.1, 0.15) is 12.4 Å². The molecular formula is C21H27BrIN3O3. The number of esters is 1. The highest BCUT2D eigenvalue weighted by Crippen LogP contribution is 2.24. The van der Waals surface area contributed by atoms with Crippen molar-refractivity contribution in [1.29, 1.82) is 0 Å². The SMILES string of the molecule is CN=C(NCCOc1ccc2cc(Br)ccc2c1)N1CCC(C(=O)OC)CC1.I. The van der Waals surface area contributed by atoms with E-state index < -0.39 is 0 Å². The molecule has 1 N–H and O–H groups in total. The van der Waals surface area contributed by atoms with Gasteiger partial charge in [-0.2, -0.15) is 0 Å². The Kier molecular flexibility index (Phi) is 9.48. The van der Waals surface area contributed by atoms with Gasteiger partial charge in [0, 0.05) is 24.6 Å². The average molecular weight is 576 g/mol. The number of fused-ring (bicyclic) bond motifs is 1. The van der Waals surface area contributed by atoms with Crippen LogP contribution >= 0.6 is 39.9 Å². The van der Waals surface area contributed by atoms with Crippen molar-refractivity contribution in [3.05, 3.63) is 40.9 Å². The van der Waals surface area contributed by atoms with Crippen LogP contribution in [0.1, 0.15) is 12.8 Å². The van der Waals surface area contributed by atoms with Crippen molar-refractivity contribution < 1.29 is 14.3 Å². The number of carbonyl (C=O) groups is 1. The number of aliphatic imine (C=N–C) groups is 1. The van der Waals surface area contributed by atoms with Crippen LogP contribution in [0.4, 0.5) is 0 Å². The molecule has 0 amide bonds. The zero-order valence-corrected chi connectivity index (χ0v) is 20.6. The van der Waals surface area contributed by atoms with Gasteiger partial charge in [-0.25, -0.2) is 0 Å². The number of halogens is 2. The number of piperidine rings is 1. The second-order valence-corrected chi connectivity index (χ2v) is 7.68. The lowest BCUT2D eigenvalue weighted by molar-refractivity contribution is -0.146. The molecule has 29 heavy (non-hydrogen) atoms. The normalized spacial score (nSPS) is 15.0. The van der Waals surface area contributed by atoms with E-state index in [4.69, 9.17) is 9.47 Å². The van der Waals surface area contributed by atoms with Crippen LogP contribution in [0.3, 0.4) is 0 Å². The molecule has 1 heterocycles. The first kappa shape index (κ1) is 23.7. The molecule has 0 atom stereocenters. The van der Waals surface area contributed by atoms with Gasteiger partial charge in [0.05, 0.1) is 19.6 Å². The smallest absolute Gasteiger partial charge is 0.308 e. The molecule has 0 aliphatic carbocycles. The van der Waals surface area contributed by atoms with E-state index in [0.29, 0.717) is 13.2 Å². The van der Waals surface area contributed by atoms with Gasteiger partial charge >= 0.3 is 5.97 Å². The van der Waals surface area contributed by atoms with Gasteiger partial charge in [-0.15, -0.1) is 24.0 Å². The minimum absolute atomic E-state index is 0. The highest BCUT2D eigenvalue weighted by atomic mass is 127. The molecule has 1 aliphatic rings. The summed E-state index contributed by atoms with van der Waals surface area (Å²) in [5, 5.41) is 5.67. The molecule has 2 aromatic carbocycles. The summed E-state index contributed by atoms with van der Waals surface area (Å²) in [5.41, 5.74) is 0. The van der Waals surface area contributed by atoms with Gasteiger partial charge in [0.15, 0.2) is 5.96 Å². The number of hydrogen-bond acceptors (Lipinski definition) is 4. The maximum absolute atomic E-state index is 11.7. The predicted molar refractivity (Wildman–Crippen MR) is 130 cm³/mol. The number of hydrogen-bond donors (Lipinski definition) is 1. The number of rotatable bonds is 5. The van der Waals surface area contributed by atoms with Crippen LogP contribution < -0.4 is 10.1 Å². The van der Waals surface area contributed by atoms with E-state index in [2.05, 4.69) is 49.3 Å². The van der Waals surface area contributed by atoms with Gasteiger partial charge in [-0.05, 0) is 47.9 Å². The van der Waals surface area contributed by atoms with E-state index >= 15 is 0 Å². The quantitative estimate of drug-likeness (QED) is 0.192. The van der Waals surface area contributed by atoms with Crippen molar-refractivity contribution in [3.63, 3.8) is 0 Å². The lowest BCUT2D eigenvalue weighted by atomic mass is 9.97. The number of benzene rings is 2. The zero-order valence-electron chi connectivity index (χ0n) is 16.7. The Morgan fingerprint density at radius 1 is 1.21 bits per heavy atom. The highest BCUT2D eigenvalue weighted by Gasteiger charge is 2.26. The first-order valence-electron chi connectivity index (χ1n) is 9.46. The van der Waals surface area contributed by atoms with Crippen LogP contribution in [-0.2, 0) is 9.53 Å². The number of likely N-dealkylation sites (tertiary alicyclic amines) is 1. The van der Waals surface area contributed by atoms with E-state index in [1.54, 1.807) is 7.05 Å². The third-order valence-electron chi connectivity index (χ3n) is 4.97. The molecule has 0 aromatic heterocycles. The van der Waals surface area contributed by atoms with E-state index in [1.165, 1.54) is 12.5 Å². The maximum atomic E-state index is 11.7. The first-order valence-corrected chi connectivity index (χ1v) is 10.3. The first-order chi connectivity index (χ1) is 13.6.